The summed E-state index contributed by atoms with van der Waals surface area (Å²) in [5.74, 6) is 0. The average Bonchev–Trinajstić information content (AvgIpc) is 0.873. The molecule has 7 heteroatoms. The molecule has 0 N–H and O–H groups in total. The van der Waals surface area contributed by atoms with E-state index in [4.69, 9.17) is 0 Å². The van der Waals surface area contributed by atoms with Gasteiger partial charge in [0.1, 0.15) is 0 Å². The Morgan fingerprint density at radius 1 is 0.223 bits per heavy atom. The molecule has 0 amide bonds. The first-order valence-corrected chi connectivity index (χ1v) is 48.8. The number of para-hydroxylation sites is 6. The summed E-state index contributed by atoms with van der Waals surface area (Å²) in [5.41, 5.74) is 24.1. The number of nitrogens with zero attached hydrogens (tertiary/aromatic N) is 6. The summed E-state index contributed by atoms with van der Waals surface area (Å²) in [6.45, 7) is 37.8. The second-order valence-electron chi connectivity index (χ2n) is 45.0. The molecule has 0 unspecified atom stereocenters. The highest BCUT2D eigenvalue weighted by Crippen LogP contribution is 2.59. The van der Waals surface area contributed by atoms with Crippen molar-refractivity contribution >= 4 is 177 Å². The molecule has 674 valence electrons. The summed E-state index contributed by atoms with van der Waals surface area (Å²) in [5, 5.41) is 8.85. The van der Waals surface area contributed by atoms with Gasteiger partial charge in [-0.25, -0.2) is 0 Å². The SMILES string of the molecule is [2H]c1c([2H])c([2H])c2c(c1[2H])c1c([2H])c(C(C)(C)C)c([2H])c([2H])c1n2-c1ccc2c(c1)N(c1c(-c3ccccc3)cc(C(C)(C)C)cc1-c1ccccc1)c1cc(-c3cc(C(C)(C)C)cc(C(C)(C)C)c3)cc3c1B2c1ccc(-n2c4c([2H])c([2H])c([2H])c([2H])c4c4c([2H])c(C(C)(C)C)c([2H])c([2H])c42)cc1N3c1c(-c2cc3c4ccccc4n4c5ccccc5c(c2)c34)cc(C(C)(C)C)cc1-c1cc2c3ccccc3n3c4ccccc4c(c1)c23. The molecule has 0 radical (unpaired) electrons. The van der Waals surface area contributed by atoms with Crippen LogP contribution in [-0.4, -0.2) is 24.6 Å². The summed E-state index contributed by atoms with van der Waals surface area (Å²) < 4.78 is 151. The first kappa shape index (κ1) is 70.5. The van der Waals surface area contributed by atoms with Gasteiger partial charge in [0, 0.05) is 121 Å². The first-order valence-electron chi connectivity index (χ1n) is 55.8. The van der Waals surface area contributed by atoms with Crippen LogP contribution in [0.2, 0.25) is 0 Å². The summed E-state index contributed by atoms with van der Waals surface area (Å²) in [6, 6.07) is 94.8. The molecule has 0 bridgehead atoms. The lowest BCUT2D eigenvalue weighted by molar-refractivity contribution is 0.569. The van der Waals surface area contributed by atoms with Crippen LogP contribution in [0.1, 0.15) is 177 Å². The van der Waals surface area contributed by atoms with Crippen LogP contribution in [0.3, 0.4) is 0 Å². The molecule has 6 nitrogen and oxygen atoms in total. The van der Waals surface area contributed by atoms with E-state index in [0.717, 1.165) is 193 Å². The van der Waals surface area contributed by atoms with Crippen LogP contribution >= 0.6 is 0 Å². The van der Waals surface area contributed by atoms with Crippen LogP contribution in [0, 0.1) is 0 Å². The Morgan fingerprint density at radius 2 is 0.532 bits per heavy atom. The van der Waals surface area contributed by atoms with Crippen molar-refractivity contribution in [2.24, 2.45) is 0 Å². The van der Waals surface area contributed by atoms with E-state index in [0.29, 0.717) is 22.7 Å². The molecule has 24 aromatic rings. The monoisotopic (exact) mass is 1810 g/mol. The van der Waals surface area contributed by atoms with Gasteiger partial charge in [-0.15, -0.1) is 0 Å². The highest BCUT2D eigenvalue weighted by Gasteiger charge is 2.47. The quantitative estimate of drug-likeness (QED) is 0.135. The van der Waals surface area contributed by atoms with Crippen molar-refractivity contribution in [1.82, 2.24) is 17.9 Å². The third kappa shape index (κ3) is 12.8. The molecule has 0 aliphatic carbocycles. The van der Waals surface area contributed by atoms with Crippen molar-refractivity contribution < 1.29 is 19.2 Å². The van der Waals surface area contributed by atoms with E-state index < -0.39 is 75.5 Å². The van der Waals surface area contributed by atoms with Crippen LogP contribution < -0.4 is 26.2 Å². The molecule has 139 heavy (non-hydrogen) atoms. The van der Waals surface area contributed by atoms with E-state index in [1.54, 1.807) is 9.13 Å². The minimum Gasteiger partial charge on any atom is -0.310 e. The molecule has 18 aromatic carbocycles. The Kier molecular flexibility index (Phi) is 15.0. The molecule has 0 atom stereocenters. The van der Waals surface area contributed by atoms with Crippen molar-refractivity contribution in [3.05, 3.63) is 391 Å². The normalized spacial score (nSPS) is 14.9. The Labute approximate surface area is 834 Å². The predicted molar refractivity (Wildman–Crippen MR) is 598 cm³/mol. The van der Waals surface area contributed by atoms with Crippen molar-refractivity contribution in [3.8, 4) is 67.0 Å². The third-order valence-corrected chi connectivity index (χ3v) is 30.0. The predicted octanol–water partition coefficient (Wildman–Crippen LogP) is 34.4. The number of fused-ring (bicyclic) bond motifs is 22. The van der Waals surface area contributed by atoms with Gasteiger partial charge in [-0.2, -0.15) is 0 Å². The zero-order valence-electron chi connectivity index (χ0n) is 95.7. The Balaban J connectivity index is 0.920. The second-order valence-corrected chi connectivity index (χ2v) is 45.0. The van der Waals surface area contributed by atoms with E-state index in [1.807, 2.05) is 65.8 Å². The van der Waals surface area contributed by atoms with Crippen LogP contribution in [-0.2, 0) is 32.5 Å². The van der Waals surface area contributed by atoms with Gasteiger partial charge in [-0.3, -0.25) is 0 Å². The Morgan fingerprint density at radius 3 is 0.885 bits per heavy atom. The van der Waals surface area contributed by atoms with Crippen LogP contribution in [0.25, 0.3) is 187 Å². The molecule has 0 spiro atoms. The summed E-state index contributed by atoms with van der Waals surface area (Å²) in [6.07, 6.45) is 0. The van der Waals surface area contributed by atoms with Crippen LogP contribution in [0.4, 0.5) is 34.1 Å². The summed E-state index contributed by atoms with van der Waals surface area (Å²) in [7, 11) is 0. The van der Waals surface area contributed by atoms with Gasteiger partial charge in [-0.05, 0) is 261 Å². The van der Waals surface area contributed by atoms with E-state index in [9.17, 15) is 19.2 Å². The minimum atomic E-state index is -0.897. The second kappa shape index (κ2) is 29.7. The number of hydrogen-bond acceptors (Lipinski definition) is 2. The van der Waals surface area contributed by atoms with E-state index in [2.05, 4.69) is 350 Å². The largest absolute Gasteiger partial charge is 0.310 e. The van der Waals surface area contributed by atoms with Gasteiger partial charge in [-0.1, -0.05) is 337 Å². The molecule has 0 saturated heterocycles. The first-order chi connectivity index (χ1) is 72.6. The fourth-order valence-corrected chi connectivity index (χ4v) is 22.8. The van der Waals surface area contributed by atoms with Crippen LogP contribution in [0.15, 0.2) is 358 Å². The maximum absolute atomic E-state index is 10.7. The Bertz CT molecular complexity index is 9790. The van der Waals surface area contributed by atoms with Gasteiger partial charge in [0.2, 0.25) is 0 Å². The van der Waals surface area contributed by atoms with Crippen molar-refractivity contribution in [2.45, 2.75) is 157 Å². The molecule has 2 aliphatic heterocycles. The lowest BCUT2D eigenvalue weighted by atomic mass is 9.33. The number of anilines is 6. The number of rotatable bonds is 9. The highest BCUT2D eigenvalue weighted by molar-refractivity contribution is 7.00. The van der Waals surface area contributed by atoms with Gasteiger partial charge >= 0.3 is 0 Å². The fraction of sp³-hybridized carbons (Fsp3) is 0.182. The maximum Gasteiger partial charge on any atom is 0.252 e. The zero-order valence-corrected chi connectivity index (χ0v) is 81.7. The van der Waals surface area contributed by atoms with Crippen LogP contribution in [0.5, 0.6) is 0 Å². The molecular weight excluding hydrogens is 1680 g/mol. The van der Waals surface area contributed by atoms with Crippen molar-refractivity contribution in [3.63, 3.8) is 0 Å². The summed E-state index contributed by atoms with van der Waals surface area (Å²) in [4.78, 5) is 4.97. The molecule has 6 aromatic heterocycles. The van der Waals surface area contributed by atoms with Gasteiger partial charge in [0.15, 0.2) is 0 Å². The number of hydrogen-bond donors (Lipinski definition) is 0. The minimum absolute atomic E-state index is 0.0270. The van der Waals surface area contributed by atoms with Gasteiger partial charge in [0.25, 0.3) is 6.71 Å². The summed E-state index contributed by atoms with van der Waals surface area (Å²) >= 11 is 0. The molecule has 0 fully saturated rings. The number of benzene rings is 18. The third-order valence-electron chi connectivity index (χ3n) is 30.0. The smallest absolute Gasteiger partial charge is 0.252 e. The molecule has 2 aliphatic rings. The lowest BCUT2D eigenvalue weighted by Crippen LogP contribution is -2.61. The van der Waals surface area contributed by atoms with Gasteiger partial charge < -0.3 is 27.7 Å². The van der Waals surface area contributed by atoms with E-state index >= 15 is 0 Å². The molecule has 0 saturated carbocycles. The lowest BCUT2D eigenvalue weighted by Gasteiger charge is -2.46. The highest BCUT2D eigenvalue weighted by atomic mass is 15.2. The van der Waals surface area contributed by atoms with E-state index in [1.165, 1.54) is 0 Å². The average molecular weight is 1810 g/mol. The topological polar surface area (TPSA) is 25.2 Å². The fourth-order valence-electron chi connectivity index (χ4n) is 22.8. The van der Waals surface area contributed by atoms with E-state index in [-0.39, 0.29) is 103 Å². The maximum atomic E-state index is 10.7. The zero-order chi connectivity index (χ0) is 107. The Hall–Kier alpha value is -15.2. The van der Waals surface area contributed by atoms with Crippen molar-refractivity contribution in [1.29, 1.82) is 0 Å². The van der Waals surface area contributed by atoms with Gasteiger partial charge in [0.05, 0.1) is 85.7 Å². The standard InChI is InChI=1S/C132H113BN6/c1-127(2,3)84-53-59-116-102(70-84)92-41-25-31-47-110(92)134(116)90-55-57-108-118(76-90)138(123-98(78-37-21-19-22-38-78)72-88(131(13,14)15)73-99(123)79-39-23-20-24-40-79)120-67-81(80-61-86(129(7,8)9)69-87(62-80)130(10,11)12)68-121-122(120)133(108)109-58-56-91(135-111-48-32-26-42-93(111)103-71-85(128(4,5)6)54-60-117(103)135)77-119(109)139(121)124-100(82-63-104-94-43-27-33-49-112(94)136-113-50-34-28-44-95(113)105(64-82)125(104)136)74-89(132(16,17)18)75-101(124)83-65-106-96-45-29-35-51-114(96)137-115-52-36-30-46-97(115)107(66-83)126(106)137/h19-77H,1-18H3/i25D,26D,31D,32D,41D,42D,47D,48D,53D,54D,59D,60D,70D,71D. The van der Waals surface area contributed by atoms with Crippen molar-refractivity contribution in [2.75, 3.05) is 9.80 Å². The molecule has 26 rings (SSSR count). The molecule has 8 heterocycles. The molecular formula is C132H113BN6. The number of aromatic nitrogens is 4.